The maximum Gasteiger partial charge on any atom is 0.302 e. The highest BCUT2D eigenvalue weighted by atomic mass is 16.6. The molecule has 0 radical (unpaired) electrons. The normalized spacial score (nSPS) is 57.7. The second-order valence-corrected chi connectivity index (χ2v) is 11.4. The highest BCUT2D eigenvalue weighted by Gasteiger charge is 2.78. The molecular weight excluding hydrogens is 368 g/mol. The first-order valence-electron chi connectivity index (χ1n) is 11.6. The number of ether oxygens (including phenoxy) is 2. The minimum atomic E-state index is -1.20. The molecule has 29 heavy (non-hydrogen) atoms. The Morgan fingerprint density at radius 2 is 1.72 bits per heavy atom. The second-order valence-electron chi connectivity index (χ2n) is 11.4. The van der Waals surface area contributed by atoms with Gasteiger partial charge in [-0.25, -0.2) is 0 Å². The van der Waals surface area contributed by atoms with Gasteiger partial charge in [0.15, 0.2) is 5.78 Å². The summed E-state index contributed by atoms with van der Waals surface area (Å²) < 4.78 is 12.0. The summed E-state index contributed by atoms with van der Waals surface area (Å²) in [5, 5.41) is 11.5. The number of epoxide rings is 1. The monoisotopic (exact) mass is 404 g/mol. The lowest BCUT2D eigenvalue weighted by atomic mass is 9.44. The summed E-state index contributed by atoms with van der Waals surface area (Å²) in [7, 11) is 0. The van der Waals surface area contributed by atoms with E-state index in [4.69, 9.17) is 9.47 Å². The highest BCUT2D eigenvalue weighted by molar-refractivity contribution is 5.86. The third-order valence-electron chi connectivity index (χ3n) is 10.5. The molecule has 0 aromatic heterocycles. The fraction of sp³-hybridized carbons (Fsp3) is 0.917. The molecule has 4 aliphatic carbocycles. The second kappa shape index (κ2) is 5.85. The average molecular weight is 405 g/mol. The zero-order valence-corrected chi connectivity index (χ0v) is 18.5. The average Bonchev–Trinajstić information content (AvgIpc) is 3.29. The Kier molecular flexibility index (Phi) is 4.03. The van der Waals surface area contributed by atoms with Gasteiger partial charge in [-0.15, -0.1) is 0 Å². The van der Waals surface area contributed by atoms with Crippen LogP contribution in [0.4, 0.5) is 0 Å². The van der Waals surface area contributed by atoms with Gasteiger partial charge in [-0.2, -0.15) is 0 Å². The number of esters is 1. The maximum atomic E-state index is 12.6. The molecule has 1 N–H and O–H groups in total. The van der Waals surface area contributed by atoms with E-state index in [0.29, 0.717) is 17.8 Å². The number of ketones is 1. The van der Waals surface area contributed by atoms with E-state index in [2.05, 4.69) is 20.8 Å². The van der Waals surface area contributed by atoms with Crippen LogP contribution in [0.1, 0.15) is 79.6 Å². The van der Waals surface area contributed by atoms with Crippen LogP contribution in [0.3, 0.4) is 0 Å². The van der Waals surface area contributed by atoms with Crippen LogP contribution in [0.15, 0.2) is 0 Å². The van der Waals surface area contributed by atoms with Gasteiger partial charge >= 0.3 is 5.97 Å². The fourth-order valence-electron chi connectivity index (χ4n) is 9.07. The van der Waals surface area contributed by atoms with Crippen molar-refractivity contribution >= 4 is 11.8 Å². The quantitative estimate of drug-likeness (QED) is 0.561. The molecule has 1 saturated heterocycles. The smallest absolute Gasteiger partial charge is 0.302 e. The SMILES string of the molecule is CC(=O)O[C@@H]1CC[C@]2(C)[C@@H]3CC[C@]4(C)[C@H](C[C@@H](C)[C@]4(O)C(C)=O)[C@H]3C[C@@H]3O[C@@]32C1. The molecule has 5 rings (SSSR count). The summed E-state index contributed by atoms with van der Waals surface area (Å²) in [5.41, 5.74) is -1.57. The number of aliphatic hydroxyl groups is 1. The lowest BCUT2D eigenvalue weighted by molar-refractivity contribution is -0.174. The minimum absolute atomic E-state index is 0.00747. The topological polar surface area (TPSA) is 76.1 Å². The van der Waals surface area contributed by atoms with E-state index in [1.165, 1.54) is 6.92 Å². The number of carbonyl (C=O) groups excluding carboxylic acids is 2. The van der Waals surface area contributed by atoms with E-state index in [9.17, 15) is 14.7 Å². The summed E-state index contributed by atoms with van der Waals surface area (Å²) in [6, 6.07) is 0. The molecule has 5 nitrogen and oxygen atoms in total. The predicted molar refractivity (Wildman–Crippen MR) is 107 cm³/mol. The molecule has 10 atom stereocenters. The van der Waals surface area contributed by atoms with Crippen LogP contribution in [0.2, 0.25) is 0 Å². The molecule has 0 aromatic carbocycles. The molecule has 5 heteroatoms. The summed E-state index contributed by atoms with van der Waals surface area (Å²) in [6.07, 6.45) is 6.88. The zero-order valence-electron chi connectivity index (χ0n) is 18.5. The molecule has 0 aromatic rings. The third kappa shape index (κ3) is 2.24. The van der Waals surface area contributed by atoms with Crippen molar-refractivity contribution in [1.29, 1.82) is 0 Å². The summed E-state index contributed by atoms with van der Waals surface area (Å²) >= 11 is 0. The van der Waals surface area contributed by atoms with Crippen molar-refractivity contribution in [3.63, 3.8) is 0 Å². The highest BCUT2D eigenvalue weighted by Crippen LogP contribution is 2.75. The maximum absolute atomic E-state index is 12.6. The van der Waals surface area contributed by atoms with E-state index in [0.717, 1.165) is 44.9 Å². The minimum Gasteiger partial charge on any atom is -0.462 e. The first-order valence-corrected chi connectivity index (χ1v) is 11.6. The van der Waals surface area contributed by atoms with Crippen molar-refractivity contribution in [3.05, 3.63) is 0 Å². The Bertz CT molecular complexity index is 764. The van der Waals surface area contributed by atoms with Crippen molar-refractivity contribution in [2.75, 3.05) is 0 Å². The van der Waals surface area contributed by atoms with E-state index in [1.54, 1.807) is 6.92 Å². The number of Topliss-reactive ketones (excluding diaryl/α,β-unsaturated/α-hetero) is 1. The molecule has 0 bridgehead atoms. The first kappa shape index (κ1) is 20.0. The van der Waals surface area contributed by atoms with E-state index < -0.39 is 5.60 Å². The van der Waals surface area contributed by atoms with Gasteiger partial charge in [0.1, 0.15) is 17.3 Å². The third-order valence-corrected chi connectivity index (χ3v) is 10.5. The molecule has 1 spiro atoms. The molecule has 0 amide bonds. The van der Waals surface area contributed by atoms with Crippen molar-refractivity contribution in [1.82, 2.24) is 0 Å². The summed E-state index contributed by atoms with van der Waals surface area (Å²) in [5.74, 6) is 1.18. The van der Waals surface area contributed by atoms with E-state index >= 15 is 0 Å². The number of carbonyl (C=O) groups is 2. The molecule has 1 aliphatic heterocycles. The van der Waals surface area contributed by atoms with Crippen LogP contribution in [0, 0.1) is 34.5 Å². The predicted octanol–water partition coefficient (Wildman–Crippen LogP) is 3.66. The molecular formula is C24H36O5. The van der Waals surface area contributed by atoms with Crippen LogP contribution in [-0.2, 0) is 19.1 Å². The molecule has 162 valence electrons. The summed E-state index contributed by atoms with van der Waals surface area (Å²) in [6.45, 7) is 9.71. The van der Waals surface area contributed by atoms with Crippen LogP contribution < -0.4 is 0 Å². The van der Waals surface area contributed by atoms with E-state index in [1.807, 2.05) is 0 Å². The number of hydrogen-bond donors (Lipinski definition) is 1. The van der Waals surface area contributed by atoms with Crippen molar-refractivity contribution in [2.45, 2.75) is 103 Å². The van der Waals surface area contributed by atoms with Crippen LogP contribution in [-0.4, -0.2) is 40.3 Å². The van der Waals surface area contributed by atoms with Crippen molar-refractivity contribution in [3.8, 4) is 0 Å². The van der Waals surface area contributed by atoms with E-state index in [-0.39, 0.29) is 46.3 Å². The van der Waals surface area contributed by atoms with Gasteiger partial charge in [-0.05, 0) is 69.1 Å². The molecule has 1 heterocycles. The lowest BCUT2D eigenvalue weighted by Gasteiger charge is -2.60. The molecule has 0 unspecified atom stereocenters. The Hall–Kier alpha value is -0.940. The van der Waals surface area contributed by atoms with Gasteiger partial charge in [0.05, 0.1) is 6.10 Å². The van der Waals surface area contributed by atoms with Gasteiger partial charge in [0.2, 0.25) is 0 Å². The van der Waals surface area contributed by atoms with Gasteiger partial charge in [-0.1, -0.05) is 20.8 Å². The largest absolute Gasteiger partial charge is 0.462 e. The van der Waals surface area contributed by atoms with Gasteiger partial charge < -0.3 is 14.6 Å². The molecule has 5 fully saturated rings. The molecule has 5 aliphatic rings. The van der Waals surface area contributed by atoms with Gasteiger partial charge in [-0.3, -0.25) is 9.59 Å². The van der Waals surface area contributed by atoms with Crippen LogP contribution >= 0.6 is 0 Å². The van der Waals surface area contributed by atoms with Crippen LogP contribution in [0.5, 0.6) is 0 Å². The van der Waals surface area contributed by atoms with Crippen LogP contribution in [0.25, 0.3) is 0 Å². The lowest BCUT2D eigenvalue weighted by Crippen LogP contribution is -2.61. The molecule has 4 saturated carbocycles. The number of rotatable bonds is 2. The number of fused-ring (bicyclic) bond motifs is 4. The Labute approximate surface area is 173 Å². The number of hydrogen-bond acceptors (Lipinski definition) is 5. The van der Waals surface area contributed by atoms with Gasteiger partial charge in [0.25, 0.3) is 0 Å². The Morgan fingerprint density at radius 1 is 1.03 bits per heavy atom. The van der Waals surface area contributed by atoms with Crippen molar-refractivity contribution < 1.29 is 24.2 Å². The zero-order chi connectivity index (χ0) is 21.0. The summed E-state index contributed by atoms with van der Waals surface area (Å²) in [4.78, 5) is 24.1. The first-order chi connectivity index (χ1) is 13.5. The van der Waals surface area contributed by atoms with Gasteiger partial charge in [0, 0.05) is 24.2 Å². The Balaban J connectivity index is 1.46. The Morgan fingerprint density at radius 3 is 2.38 bits per heavy atom. The van der Waals surface area contributed by atoms with Crippen molar-refractivity contribution in [2.24, 2.45) is 34.5 Å². The fourth-order valence-corrected chi connectivity index (χ4v) is 9.07. The standard InChI is InChI=1S/C24H36O5/c1-13-10-19-17-11-20-23(29-20)12-16(28-15(3)26)6-8-21(23,4)18(17)7-9-22(19,5)24(13,27)14(2)25/h13,16-20,27H,6-12H2,1-5H3/t13-,16-,17+,18-,19-,20+,21-,22-,23+,24+/m1/s1.